The minimum absolute atomic E-state index is 0.188. The van der Waals surface area contributed by atoms with Gasteiger partial charge in [0.25, 0.3) is 8.32 Å². The Bertz CT molecular complexity index is 1250. The van der Waals surface area contributed by atoms with Crippen molar-refractivity contribution in [1.82, 2.24) is 0 Å². The molecule has 0 amide bonds. The molecule has 218 valence electrons. The lowest BCUT2D eigenvalue weighted by Crippen LogP contribution is -2.67. The molecule has 3 aromatic carbocycles. The first-order valence-corrected chi connectivity index (χ1v) is 16.0. The molecule has 0 bridgehead atoms. The summed E-state index contributed by atoms with van der Waals surface area (Å²) in [7, 11) is -1.15. The van der Waals surface area contributed by atoms with Crippen LogP contribution < -0.4 is 15.1 Å². The monoisotopic (exact) mass is 574 g/mol. The number of benzene rings is 3. The first-order chi connectivity index (χ1) is 19.6. The van der Waals surface area contributed by atoms with Gasteiger partial charge in [-0.25, -0.2) is 4.39 Å². The molecule has 0 aliphatic heterocycles. The van der Waals surface area contributed by atoms with Crippen LogP contribution in [0.1, 0.15) is 46.6 Å². The zero-order valence-corrected chi connectivity index (χ0v) is 26.1. The fraction of sp³-hybridized carbons (Fsp3) is 0.371. The van der Waals surface area contributed by atoms with E-state index in [-0.39, 0.29) is 17.1 Å². The zero-order valence-electron chi connectivity index (χ0n) is 25.1. The first kappa shape index (κ1) is 32.3. The maximum Gasteiger partial charge on any atom is 0.261 e. The fourth-order valence-corrected chi connectivity index (χ4v) is 9.62. The average Bonchev–Trinajstić information content (AvgIpc) is 2.97. The van der Waals surface area contributed by atoms with Crippen molar-refractivity contribution in [3.8, 4) is 17.6 Å². The Kier molecular flexibility index (Phi) is 11.9. The van der Waals surface area contributed by atoms with Gasteiger partial charge in [-0.3, -0.25) is 0 Å². The lowest BCUT2D eigenvalue weighted by Gasteiger charge is -2.45. The van der Waals surface area contributed by atoms with E-state index in [1.165, 1.54) is 16.4 Å². The lowest BCUT2D eigenvalue weighted by atomic mass is 10.0. The molecule has 0 fully saturated rings. The highest BCUT2D eigenvalue weighted by Gasteiger charge is 2.51. The minimum Gasteiger partial charge on any atom is -0.497 e. The summed E-state index contributed by atoms with van der Waals surface area (Å²) in [5, 5.41) is 12.5. The SMILES string of the molecule is COc1ccc(COCCC#CC(O)/C(F)=C\C(C)C(C)O[Si](c2ccccc2)(c2ccccc2)C(C)(C)C)cc1. The van der Waals surface area contributed by atoms with Gasteiger partial charge in [0.2, 0.25) is 0 Å². The molecule has 6 heteroatoms. The van der Waals surface area contributed by atoms with Crippen molar-refractivity contribution < 1.29 is 23.4 Å². The average molecular weight is 575 g/mol. The van der Waals surface area contributed by atoms with E-state index in [4.69, 9.17) is 13.9 Å². The van der Waals surface area contributed by atoms with E-state index in [0.717, 1.165) is 11.3 Å². The normalized spacial score (nSPS) is 14.5. The summed E-state index contributed by atoms with van der Waals surface area (Å²) in [5.74, 6) is 5.26. The molecule has 0 aromatic heterocycles. The number of hydrogen-bond donors (Lipinski definition) is 1. The van der Waals surface area contributed by atoms with E-state index in [9.17, 15) is 5.11 Å². The summed E-state index contributed by atoms with van der Waals surface area (Å²) in [4.78, 5) is 0. The molecule has 0 saturated heterocycles. The molecule has 0 spiro atoms. The molecule has 0 saturated carbocycles. The molecule has 3 aromatic rings. The van der Waals surface area contributed by atoms with E-state index in [1.54, 1.807) is 7.11 Å². The summed E-state index contributed by atoms with van der Waals surface area (Å²) in [6.07, 6.45) is 0.0310. The van der Waals surface area contributed by atoms with Crippen LogP contribution in [0.3, 0.4) is 0 Å². The molecule has 41 heavy (non-hydrogen) atoms. The van der Waals surface area contributed by atoms with Gasteiger partial charge < -0.3 is 19.0 Å². The highest BCUT2D eigenvalue weighted by Crippen LogP contribution is 2.38. The van der Waals surface area contributed by atoms with Crippen LogP contribution in [0, 0.1) is 17.8 Å². The van der Waals surface area contributed by atoms with E-state index in [1.807, 2.05) is 74.5 Å². The number of hydrogen-bond acceptors (Lipinski definition) is 4. The van der Waals surface area contributed by atoms with Gasteiger partial charge in [0, 0.05) is 18.4 Å². The molecule has 1 N–H and O–H groups in total. The van der Waals surface area contributed by atoms with E-state index >= 15 is 4.39 Å². The number of aliphatic hydroxyl groups excluding tert-OH is 1. The highest BCUT2D eigenvalue weighted by molar-refractivity contribution is 6.99. The second-order valence-corrected chi connectivity index (χ2v) is 15.5. The van der Waals surface area contributed by atoms with Gasteiger partial charge in [0.1, 0.15) is 11.6 Å². The van der Waals surface area contributed by atoms with E-state index < -0.39 is 20.2 Å². The molecular weight excluding hydrogens is 531 g/mol. The largest absolute Gasteiger partial charge is 0.497 e. The zero-order chi connectivity index (χ0) is 29.9. The topological polar surface area (TPSA) is 47.9 Å². The maximum absolute atomic E-state index is 15.0. The molecule has 4 nitrogen and oxygen atoms in total. The van der Waals surface area contributed by atoms with Crippen molar-refractivity contribution in [1.29, 1.82) is 0 Å². The van der Waals surface area contributed by atoms with Gasteiger partial charge in [-0.2, -0.15) is 0 Å². The Hall–Kier alpha value is -3.21. The summed E-state index contributed by atoms with van der Waals surface area (Å²) in [6, 6.07) is 28.4. The van der Waals surface area contributed by atoms with Crippen molar-refractivity contribution >= 4 is 18.7 Å². The third kappa shape index (κ3) is 8.64. The van der Waals surface area contributed by atoms with Gasteiger partial charge in [-0.15, -0.1) is 0 Å². The Balaban J connectivity index is 1.65. The van der Waals surface area contributed by atoms with Gasteiger partial charge >= 0.3 is 0 Å². The quantitative estimate of drug-likeness (QED) is 0.154. The molecule has 0 aliphatic rings. The number of halogens is 1. The van der Waals surface area contributed by atoms with Crippen LogP contribution in [0.25, 0.3) is 0 Å². The van der Waals surface area contributed by atoms with Crippen molar-refractivity contribution in [3.05, 3.63) is 102 Å². The van der Waals surface area contributed by atoms with Crippen molar-refractivity contribution in [2.45, 2.75) is 64.9 Å². The maximum atomic E-state index is 15.0. The Labute approximate surface area is 246 Å². The molecule has 0 heterocycles. The van der Waals surface area contributed by atoms with Crippen LogP contribution >= 0.6 is 0 Å². The van der Waals surface area contributed by atoms with Gasteiger partial charge in [0.05, 0.1) is 20.3 Å². The number of aliphatic hydroxyl groups is 1. The summed E-state index contributed by atoms with van der Waals surface area (Å²) < 4.78 is 32.9. The predicted molar refractivity (Wildman–Crippen MR) is 168 cm³/mol. The van der Waals surface area contributed by atoms with Crippen molar-refractivity contribution in [3.63, 3.8) is 0 Å². The number of rotatable bonds is 12. The Morgan fingerprint density at radius 1 is 0.927 bits per heavy atom. The van der Waals surface area contributed by atoms with Crippen molar-refractivity contribution in [2.24, 2.45) is 5.92 Å². The second-order valence-electron chi connectivity index (χ2n) is 11.3. The van der Waals surface area contributed by atoms with E-state index in [0.29, 0.717) is 19.6 Å². The standard InChI is InChI=1S/C35H43FO4Si/c1-27(25-33(36)34(37)19-13-14-24-39-26-29-20-22-30(38-6)23-21-29)28(2)40-41(35(3,4)5,31-15-9-7-10-16-31)32-17-11-8-12-18-32/h7-12,15-18,20-23,25,27-28,34,37H,14,24,26H2,1-6H3/b33-25+. The highest BCUT2D eigenvalue weighted by atomic mass is 28.4. The summed E-state index contributed by atoms with van der Waals surface area (Å²) >= 11 is 0. The van der Waals surface area contributed by atoms with Crippen LogP contribution in [-0.2, 0) is 15.8 Å². The number of methoxy groups -OCH3 is 1. The van der Waals surface area contributed by atoms with Gasteiger partial charge in [0.15, 0.2) is 6.10 Å². The second kappa shape index (κ2) is 15.1. The predicted octanol–water partition coefficient (Wildman–Crippen LogP) is 6.42. The number of ether oxygens (including phenoxy) is 2. The van der Waals surface area contributed by atoms with Crippen LogP contribution in [0.4, 0.5) is 4.39 Å². The fourth-order valence-electron chi connectivity index (χ4n) is 4.83. The minimum atomic E-state index is -2.78. The third-order valence-electron chi connectivity index (χ3n) is 7.24. The first-order valence-electron chi connectivity index (χ1n) is 14.1. The summed E-state index contributed by atoms with van der Waals surface area (Å²) in [5.41, 5.74) is 1.02. The molecule has 3 atom stereocenters. The molecular formula is C35H43FO4Si. The Morgan fingerprint density at radius 2 is 1.49 bits per heavy atom. The lowest BCUT2D eigenvalue weighted by molar-refractivity contribution is 0.126. The van der Waals surface area contributed by atoms with Crippen molar-refractivity contribution in [2.75, 3.05) is 13.7 Å². The van der Waals surface area contributed by atoms with Crippen LogP contribution in [0.2, 0.25) is 5.04 Å². The van der Waals surface area contributed by atoms with Crippen LogP contribution in [-0.4, -0.2) is 39.3 Å². The Morgan fingerprint density at radius 3 is 2.00 bits per heavy atom. The third-order valence-corrected chi connectivity index (χ3v) is 12.4. The van der Waals surface area contributed by atoms with E-state index in [2.05, 4.69) is 56.9 Å². The molecule has 3 rings (SSSR count). The molecule has 3 unspecified atom stereocenters. The summed E-state index contributed by atoms with van der Waals surface area (Å²) in [6.45, 7) is 11.4. The smallest absolute Gasteiger partial charge is 0.261 e. The van der Waals surface area contributed by atoms with Gasteiger partial charge in [-0.05, 0) is 46.1 Å². The van der Waals surface area contributed by atoms with Gasteiger partial charge in [-0.1, -0.05) is 112 Å². The van der Waals surface area contributed by atoms with Crippen LogP contribution in [0.5, 0.6) is 5.75 Å². The molecule has 0 radical (unpaired) electrons. The van der Waals surface area contributed by atoms with Crippen LogP contribution in [0.15, 0.2) is 96.8 Å². The molecule has 0 aliphatic carbocycles.